The lowest BCUT2D eigenvalue weighted by Gasteiger charge is -2.19. The Labute approximate surface area is 99.5 Å². The van der Waals surface area contributed by atoms with Gasteiger partial charge in [0.15, 0.2) is 0 Å². The van der Waals surface area contributed by atoms with Crippen molar-refractivity contribution in [1.29, 1.82) is 0 Å². The molecule has 0 amide bonds. The molecule has 0 fully saturated rings. The molecule has 0 aromatic carbocycles. The summed E-state index contributed by atoms with van der Waals surface area (Å²) in [5.41, 5.74) is -0.0919. The third kappa shape index (κ3) is 2.32. The fourth-order valence-corrected chi connectivity index (χ4v) is 2.75. The molecule has 2 N–H and O–H groups in total. The number of aromatic nitrogens is 2. The maximum atomic E-state index is 12.1. The summed E-state index contributed by atoms with van der Waals surface area (Å²) in [4.78, 5) is 11.0. The molecule has 7 nitrogen and oxygen atoms in total. The fourth-order valence-electron chi connectivity index (χ4n) is 1.26. The van der Waals surface area contributed by atoms with E-state index in [1.807, 2.05) is 0 Å². The molecule has 0 atom stereocenters. The van der Waals surface area contributed by atoms with E-state index in [1.54, 1.807) is 13.8 Å². The number of rotatable bonds is 4. The minimum absolute atomic E-state index is 0.216. The van der Waals surface area contributed by atoms with E-state index in [2.05, 4.69) is 10.2 Å². The molecule has 0 saturated heterocycles. The van der Waals surface area contributed by atoms with E-state index in [1.165, 1.54) is 14.0 Å². The van der Waals surface area contributed by atoms with Crippen LogP contribution >= 0.6 is 0 Å². The minimum Gasteiger partial charge on any atom is -0.478 e. The summed E-state index contributed by atoms with van der Waals surface area (Å²) in [5.74, 6) is -1.31. The molecule has 0 aliphatic heterocycles. The van der Waals surface area contributed by atoms with Crippen LogP contribution in [0.25, 0.3) is 0 Å². The molecule has 0 radical (unpaired) electrons. The average molecular weight is 261 g/mol. The van der Waals surface area contributed by atoms with Gasteiger partial charge < -0.3 is 5.11 Å². The van der Waals surface area contributed by atoms with Crippen LogP contribution in [0.15, 0.2) is 5.03 Å². The standard InChI is InChI=1S/C9H15N3O4S/c1-5(2)12(4)17(15,16)8-7(9(13)14)6(3)10-11-8/h5H,1-4H3,(H,10,11)(H,13,14). The first-order chi connectivity index (χ1) is 7.69. The quantitative estimate of drug-likeness (QED) is 0.818. The van der Waals surface area contributed by atoms with Crippen molar-refractivity contribution in [1.82, 2.24) is 14.5 Å². The van der Waals surface area contributed by atoms with Crippen LogP contribution in [0.2, 0.25) is 0 Å². The van der Waals surface area contributed by atoms with E-state index in [4.69, 9.17) is 5.11 Å². The zero-order chi connectivity index (χ0) is 13.4. The number of H-pyrrole nitrogens is 1. The number of aromatic amines is 1. The van der Waals surface area contributed by atoms with Gasteiger partial charge in [0.1, 0.15) is 5.56 Å². The molecule has 0 bridgehead atoms. The maximum Gasteiger partial charge on any atom is 0.340 e. The summed E-state index contributed by atoms with van der Waals surface area (Å²) in [7, 11) is -2.50. The second kappa shape index (κ2) is 4.46. The lowest BCUT2D eigenvalue weighted by molar-refractivity contribution is 0.0691. The summed E-state index contributed by atoms with van der Waals surface area (Å²) in [6.45, 7) is 4.85. The Kier molecular flexibility index (Phi) is 3.58. The molecule has 1 rings (SSSR count). The van der Waals surface area contributed by atoms with Crippen LogP contribution in [0, 0.1) is 6.92 Å². The van der Waals surface area contributed by atoms with Crippen LogP contribution in [0.1, 0.15) is 29.9 Å². The number of carbonyl (C=O) groups is 1. The second-order valence-corrected chi connectivity index (χ2v) is 5.86. The van der Waals surface area contributed by atoms with Gasteiger partial charge in [-0.15, -0.1) is 0 Å². The number of nitrogens with zero attached hydrogens (tertiary/aromatic N) is 2. The minimum atomic E-state index is -3.88. The molecule has 0 saturated carbocycles. The molecule has 0 unspecified atom stereocenters. The number of sulfonamides is 1. The van der Waals surface area contributed by atoms with Gasteiger partial charge in [-0.25, -0.2) is 13.2 Å². The highest BCUT2D eigenvalue weighted by atomic mass is 32.2. The number of aromatic carboxylic acids is 1. The van der Waals surface area contributed by atoms with Gasteiger partial charge in [0.25, 0.3) is 10.0 Å². The van der Waals surface area contributed by atoms with Crippen LogP contribution < -0.4 is 0 Å². The lowest BCUT2D eigenvalue weighted by atomic mass is 10.3. The predicted molar refractivity (Wildman–Crippen MR) is 60.4 cm³/mol. The van der Waals surface area contributed by atoms with Crippen LogP contribution in [-0.2, 0) is 10.0 Å². The largest absolute Gasteiger partial charge is 0.478 e. The van der Waals surface area contributed by atoms with Gasteiger partial charge in [0.05, 0.1) is 0 Å². The molecule has 96 valence electrons. The average Bonchev–Trinajstić information content (AvgIpc) is 2.59. The molecule has 0 aliphatic rings. The molecule has 17 heavy (non-hydrogen) atoms. The third-order valence-electron chi connectivity index (χ3n) is 2.48. The highest BCUT2D eigenvalue weighted by molar-refractivity contribution is 7.89. The van der Waals surface area contributed by atoms with Gasteiger partial charge >= 0.3 is 5.97 Å². The lowest BCUT2D eigenvalue weighted by Crippen LogP contribution is -2.34. The van der Waals surface area contributed by atoms with Crippen molar-refractivity contribution >= 4 is 16.0 Å². The summed E-state index contributed by atoms with van der Waals surface area (Å²) in [5, 5.41) is 14.5. The summed E-state index contributed by atoms with van der Waals surface area (Å²) in [6.07, 6.45) is 0. The van der Waals surface area contributed by atoms with E-state index in [0.717, 1.165) is 4.31 Å². The topological polar surface area (TPSA) is 103 Å². The van der Waals surface area contributed by atoms with Gasteiger partial charge in [-0.05, 0) is 20.8 Å². The molecule has 0 spiro atoms. The van der Waals surface area contributed by atoms with Gasteiger partial charge in [0.2, 0.25) is 5.03 Å². The Morgan fingerprint density at radius 2 is 2.00 bits per heavy atom. The van der Waals surface area contributed by atoms with Crippen molar-refractivity contribution in [2.45, 2.75) is 31.8 Å². The number of carboxylic acid groups (broad SMARTS) is 1. The zero-order valence-electron chi connectivity index (χ0n) is 10.1. The highest BCUT2D eigenvalue weighted by Crippen LogP contribution is 2.20. The predicted octanol–water partition coefficient (Wildman–Crippen LogP) is 0.445. The number of hydrogen-bond acceptors (Lipinski definition) is 4. The first-order valence-electron chi connectivity index (χ1n) is 4.96. The van der Waals surface area contributed by atoms with Crippen molar-refractivity contribution in [2.75, 3.05) is 7.05 Å². The van der Waals surface area contributed by atoms with Crippen molar-refractivity contribution < 1.29 is 18.3 Å². The number of hydrogen-bond donors (Lipinski definition) is 2. The molecule has 0 aliphatic carbocycles. The smallest absolute Gasteiger partial charge is 0.340 e. The molecule has 1 heterocycles. The molecule has 8 heteroatoms. The highest BCUT2D eigenvalue weighted by Gasteiger charge is 2.32. The maximum absolute atomic E-state index is 12.1. The van der Waals surface area contributed by atoms with E-state index in [-0.39, 0.29) is 17.3 Å². The Morgan fingerprint density at radius 3 is 2.41 bits per heavy atom. The van der Waals surface area contributed by atoms with Gasteiger partial charge in [-0.1, -0.05) is 0 Å². The zero-order valence-corrected chi connectivity index (χ0v) is 10.9. The summed E-state index contributed by atoms with van der Waals surface area (Å²) in [6, 6.07) is -0.279. The third-order valence-corrected chi connectivity index (χ3v) is 4.44. The van der Waals surface area contributed by atoms with Crippen molar-refractivity contribution in [3.05, 3.63) is 11.3 Å². The van der Waals surface area contributed by atoms with E-state index >= 15 is 0 Å². The number of aryl methyl sites for hydroxylation is 1. The van der Waals surface area contributed by atoms with Crippen LogP contribution in [0.4, 0.5) is 0 Å². The van der Waals surface area contributed by atoms with Crippen molar-refractivity contribution in [3.8, 4) is 0 Å². The van der Waals surface area contributed by atoms with Gasteiger partial charge in [-0.2, -0.15) is 9.40 Å². The monoisotopic (exact) mass is 261 g/mol. The first-order valence-corrected chi connectivity index (χ1v) is 6.40. The van der Waals surface area contributed by atoms with E-state index < -0.39 is 21.0 Å². The molecule has 1 aromatic heterocycles. The molecule has 1 aromatic rings. The van der Waals surface area contributed by atoms with Crippen LogP contribution in [0.3, 0.4) is 0 Å². The SMILES string of the molecule is Cc1[nH]nc(S(=O)(=O)N(C)C(C)C)c1C(=O)O. The second-order valence-electron chi connectivity index (χ2n) is 3.95. The van der Waals surface area contributed by atoms with Crippen LogP contribution in [-0.4, -0.2) is 47.1 Å². The van der Waals surface area contributed by atoms with Gasteiger partial charge in [-0.3, -0.25) is 5.10 Å². The summed E-state index contributed by atoms with van der Waals surface area (Å²) < 4.78 is 25.3. The number of nitrogens with one attached hydrogen (secondary N) is 1. The van der Waals surface area contributed by atoms with E-state index in [9.17, 15) is 13.2 Å². The Balaban J connectivity index is 3.40. The fraction of sp³-hybridized carbons (Fsp3) is 0.556. The number of carboxylic acids is 1. The van der Waals surface area contributed by atoms with E-state index in [0.29, 0.717) is 0 Å². The molecular formula is C9H15N3O4S. The van der Waals surface area contributed by atoms with Crippen LogP contribution in [0.5, 0.6) is 0 Å². The Morgan fingerprint density at radius 1 is 1.47 bits per heavy atom. The Hall–Kier alpha value is -1.41. The molecular weight excluding hydrogens is 246 g/mol. The first kappa shape index (κ1) is 13.7. The van der Waals surface area contributed by atoms with Gasteiger partial charge in [0, 0.05) is 18.8 Å². The van der Waals surface area contributed by atoms with Crippen molar-refractivity contribution in [3.63, 3.8) is 0 Å². The Bertz CT molecular complexity index is 532. The summed E-state index contributed by atoms with van der Waals surface area (Å²) >= 11 is 0. The van der Waals surface area contributed by atoms with Crippen molar-refractivity contribution in [2.24, 2.45) is 0 Å². The normalized spacial score (nSPS) is 12.4.